The van der Waals surface area contributed by atoms with E-state index in [0.717, 1.165) is 13.1 Å². The zero-order valence-corrected chi connectivity index (χ0v) is 16.6. The lowest BCUT2D eigenvalue weighted by Gasteiger charge is -2.26. The molecule has 28 heavy (non-hydrogen) atoms. The topological polar surface area (TPSA) is 124 Å². The van der Waals surface area contributed by atoms with Gasteiger partial charge in [0.25, 0.3) is 0 Å². The molecule has 0 aromatic heterocycles. The summed E-state index contributed by atoms with van der Waals surface area (Å²) in [7, 11) is -3.14. The zero-order valence-electron chi connectivity index (χ0n) is 15.8. The van der Waals surface area contributed by atoms with Crippen molar-refractivity contribution < 1.29 is 28.2 Å². The van der Waals surface area contributed by atoms with Crippen LogP contribution in [-0.4, -0.2) is 73.9 Å². The van der Waals surface area contributed by atoms with Crippen molar-refractivity contribution in [2.75, 3.05) is 38.5 Å². The Morgan fingerprint density at radius 1 is 0.964 bits per heavy atom. The minimum absolute atomic E-state index is 0.164. The number of likely N-dealkylation sites (tertiary alicyclic amines) is 1. The molecule has 0 saturated carbocycles. The highest BCUT2D eigenvalue weighted by Gasteiger charge is 2.13. The zero-order chi connectivity index (χ0) is 20.8. The maximum Gasteiger partial charge on any atom is 0.328 e. The maximum atomic E-state index is 12.0. The van der Waals surface area contributed by atoms with E-state index >= 15 is 0 Å². The highest BCUT2D eigenvalue weighted by atomic mass is 32.2. The number of piperidine rings is 1. The lowest BCUT2D eigenvalue weighted by atomic mass is 10.1. The van der Waals surface area contributed by atoms with Crippen molar-refractivity contribution in [1.29, 1.82) is 0 Å². The molecular formula is C19H28N2O6S. The van der Waals surface area contributed by atoms with Gasteiger partial charge in [0.1, 0.15) is 0 Å². The van der Waals surface area contributed by atoms with Crippen LogP contribution < -0.4 is 5.32 Å². The third-order valence-electron chi connectivity index (χ3n) is 4.07. The van der Waals surface area contributed by atoms with E-state index < -0.39 is 21.8 Å². The number of nitrogens with one attached hydrogen (secondary N) is 1. The molecule has 9 heteroatoms. The number of nitrogens with zero attached hydrogens (tertiary/aromatic N) is 1. The van der Waals surface area contributed by atoms with Crippen LogP contribution in [0.2, 0.25) is 0 Å². The first-order valence-corrected chi connectivity index (χ1v) is 10.8. The number of hydrogen-bond acceptors (Lipinski definition) is 6. The normalized spacial score (nSPS) is 15.0. The van der Waals surface area contributed by atoms with Gasteiger partial charge in [-0.1, -0.05) is 24.6 Å². The van der Waals surface area contributed by atoms with E-state index in [1.54, 1.807) is 24.3 Å². The van der Waals surface area contributed by atoms with Crippen molar-refractivity contribution in [3.05, 3.63) is 42.5 Å². The largest absolute Gasteiger partial charge is 0.478 e. The highest BCUT2D eigenvalue weighted by molar-refractivity contribution is 7.91. The molecule has 0 unspecified atom stereocenters. The first-order valence-electron chi connectivity index (χ1n) is 9.16. The average molecular weight is 413 g/mol. The number of rotatable bonds is 9. The van der Waals surface area contributed by atoms with Crippen molar-refractivity contribution in [1.82, 2.24) is 10.2 Å². The van der Waals surface area contributed by atoms with Crippen molar-refractivity contribution in [2.24, 2.45) is 0 Å². The van der Waals surface area contributed by atoms with Gasteiger partial charge in [-0.2, -0.15) is 0 Å². The molecule has 2 rings (SSSR count). The van der Waals surface area contributed by atoms with Crippen molar-refractivity contribution in [3.63, 3.8) is 0 Å². The van der Waals surface area contributed by atoms with Crippen molar-refractivity contribution >= 4 is 21.8 Å². The van der Waals surface area contributed by atoms with Crippen LogP contribution in [0.5, 0.6) is 0 Å². The molecule has 0 bridgehead atoms. The molecule has 0 atom stereocenters. The number of benzene rings is 1. The van der Waals surface area contributed by atoms with Crippen LogP contribution >= 0.6 is 0 Å². The Kier molecular flexibility index (Phi) is 11.1. The molecule has 1 fully saturated rings. The molecule has 1 aromatic carbocycles. The van der Waals surface area contributed by atoms with E-state index in [0.29, 0.717) is 23.6 Å². The number of sulfone groups is 1. The van der Waals surface area contributed by atoms with Crippen LogP contribution in [-0.2, 0) is 19.4 Å². The highest BCUT2D eigenvalue weighted by Crippen LogP contribution is 2.09. The van der Waals surface area contributed by atoms with Gasteiger partial charge < -0.3 is 20.4 Å². The second-order valence-corrected chi connectivity index (χ2v) is 8.40. The molecule has 0 radical (unpaired) electrons. The van der Waals surface area contributed by atoms with Gasteiger partial charge in [0.15, 0.2) is 9.84 Å². The van der Waals surface area contributed by atoms with Crippen LogP contribution in [0.3, 0.4) is 0 Å². The Hall–Kier alpha value is -2.23. The summed E-state index contributed by atoms with van der Waals surface area (Å²) < 4.78 is 24.1. The molecule has 8 nitrogen and oxygen atoms in total. The van der Waals surface area contributed by atoms with Crippen LogP contribution in [0.25, 0.3) is 0 Å². The summed E-state index contributed by atoms with van der Waals surface area (Å²) in [5.41, 5.74) is 0. The summed E-state index contributed by atoms with van der Waals surface area (Å²) in [6.07, 6.45) is 5.05. The van der Waals surface area contributed by atoms with Crippen LogP contribution in [0, 0.1) is 0 Å². The summed E-state index contributed by atoms with van der Waals surface area (Å²) in [5.74, 6) is -2.35. The minimum Gasteiger partial charge on any atom is -0.478 e. The Balaban J connectivity index is 0.000000416. The SMILES string of the molecule is O=C(O)/C=C\C(=O)O.O=S(=O)(CCNCCN1CCCCC1)c1ccccc1. The van der Waals surface area contributed by atoms with Crippen LogP contribution in [0.15, 0.2) is 47.4 Å². The number of carbonyl (C=O) groups is 2. The van der Waals surface area contributed by atoms with Gasteiger partial charge in [-0.05, 0) is 38.1 Å². The number of carboxylic acid groups (broad SMARTS) is 2. The average Bonchev–Trinajstić information content (AvgIpc) is 2.68. The van der Waals surface area contributed by atoms with Gasteiger partial charge in [-0.15, -0.1) is 0 Å². The molecular weight excluding hydrogens is 384 g/mol. The minimum atomic E-state index is -3.14. The molecule has 1 saturated heterocycles. The number of hydrogen-bond donors (Lipinski definition) is 3. The molecule has 1 aliphatic rings. The van der Waals surface area contributed by atoms with E-state index in [4.69, 9.17) is 10.2 Å². The summed E-state index contributed by atoms with van der Waals surface area (Å²) in [5, 5.41) is 18.9. The fourth-order valence-electron chi connectivity index (χ4n) is 2.64. The fourth-order valence-corrected chi connectivity index (χ4v) is 3.86. The summed E-state index contributed by atoms with van der Waals surface area (Å²) in [6, 6.07) is 8.66. The summed E-state index contributed by atoms with van der Waals surface area (Å²) in [4.78, 5) is 22.0. The van der Waals surface area contributed by atoms with E-state index in [-0.39, 0.29) is 5.75 Å². The Bertz CT molecular complexity index is 712. The molecule has 3 N–H and O–H groups in total. The van der Waals surface area contributed by atoms with Crippen molar-refractivity contribution in [2.45, 2.75) is 24.2 Å². The number of carboxylic acids is 2. The summed E-state index contributed by atoms with van der Waals surface area (Å²) >= 11 is 0. The first kappa shape index (κ1) is 23.8. The van der Waals surface area contributed by atoms with Crippen molar-refractivity contribution in [3.8, 4) is 0 Å². The number of aliphatic carboxylic acids is 2. The van der Waals surface area contributed by atoms with Gasteiger partial charge in [0, 0.05) is 31.8 Å². The maximum absolute atomic E-state index is 12.0. The van der Waals surface area contributed by atoms with E-state index in [1.165, 1.54) is 32.4 Å². The second-order valence-electron chi connectivity index (χ2n) is 6.29. The van der Waals surface area contributed by atoms with E-state index in [9.17, 15) is 18.0 Å². The molecule has 0 amide bonds. The Morgan fingerprint density at radius 3 is 2.07 bits per heavy atom. The fraction of sp³-hybridized carbons (Fsp3) is 0.474. The Morgan fingerprint density at radius 2 is 1.54 bits per heavy atom. The monoisotopic (exact) mass is 412 g/mol. The molecule has 0 spiro atoms. The molecule has 0 aliphatic carbocycles. The predicted molar refractivity (Wildman–Crippen MR) is 106 cm³/mol. The van der Waals surface area contributed by atoms with Gasteiger partial charge in [0.05, 0.1) is 10.6 Å². The lowest BCUT2D eigenvalue weighted by molar-refractivity contribution is -0.134. The van der Waals surface area contributed by atoms with E-state index in [1.807, 2.05) is 6.07 Å². The van der Waals surface area contributed by atoms with E-state index in [2.05, 4.69) is 10.2 Å². The van der Waals surface area contributed by atoms with Gasteiger partial charge in [0.2, 0.25) is 0 Å². The molecule has 1 heterocycles. The van der Waals surface area contributed by atoms with Gasteiger partial charge in [-0.3, -0.25) is 0 Å². The standard InChI is InChI=1S/C15H24N2O2S.C4H4O4/c18-20(19,15-7-3-1-4-8-15)14-10-16-9-13-17-11-5-2-6-12-17;5-3(6)1-2-4(7)8/h1,3-4,7-8,16H,2,5-6,9-14H2;1-2H,(H,5,6)(H,7,8)/b;2-1-. The first-order chi connectivity index (χ1) is 13.3. The third kappa shape index (κ3) is 10.8. The second kappa shape index (κ2) is 13.0. The lowest BCUT2D eigenvalue weighted by Crippen LogP contribution is -2.36. The summed E-state index contributed by atoms with van der Waals surface area (Å²) in [6.45, 7) is 4.77. The smallest absolute Gasteiger partial charge is 0.328 e. The van der Waals surface area contributed by atoms with Crippen LogP contribution in [0.1, 0.15) is 19.3 Å². The quantitative estimate of drug-likeness (QED) is 0.409. The molecule has 1 aliphatic heterocycles. The Labute approximate surface area is 165 Å². The van der Waals surface area contributed by atoms with Gasteiger partial charge in [-0.25, -0.2) is 18.0 Å². The third-order valence-corrected chi connectivity index (χ3v) is 5.80. The van der Waals surface area contributed by atoms with Gasteiger partial charge >= 0.3 is 11.9 Å². The molecule has 156 valence electrons. The molecule has 1 aromatic rings. The van der Waals surface area contributed by atoms with Crippen LogP contribution in [0.4, 0.5) is 0 Å². The predicted octanol–water partition coefficient (Wildman–Crippen LogP) is 1.25.